The third kappa shape index (κ3) is 2.20. The van der Waals surface area contributed by atoms with E-state index >= 15 is 0 Å². The summed E-state index contributed by atoms with van der Waals surface area (Å²) in [6.07, 6.45) is 0. The Hall–Kier alpha value is -1.16. The van der Waals surface area contributed by atoms with Crippen molar-refractivity contribution in [2.24, 2.45) is 0 Å². The Labute approximate surface area is 89.5 Å². The van der Waals surface area contributed by atoms with E-state index < -0.39 is 11.8 Å². The molecule has 1 aromatic carbocycles. The molecule has 0 saturated heterocycles. The molecule has 0 heterocycles. The smallest absolute Gasteiger partial charge is 0.337 e. The fraction of sp³-hybridized carbons (Fsp3) is 0.100. The van der Waals surface area contributed by atoms with Crippen LogP contribution in [0.15, 0.2) is 29.3 Å². The molecule has 1 aromatic rings. The number of ether oxygens (including phenoxy) is 1. The molecule has 0 fully saturated rings. The van der Waals surface area contributed by atoms with Gasteiger partial charge in [-0.15, -0.1) is 0 Å². The van der Waals surface area contributed by atoms with Crippen molar-refractivity contribution in [1.82, 2.24) is 0 Å². The van der Waals surface area contributed by atoms with Crippen LogP contribution in [0.2, 0.25) is 0 Å². The molecule has 14 heavy (non-hydrogen) atoms. The average Bonchev–Trinajstić information content (AvgIpc) is 2.15. The van der Waals surface area contributed by atoms with Gasteiger partial charge in [-0.1, -0.05) is 28.6 Å². The summed E-state index contributed by atoms with van der Waals surface area (Å²) in [4.78, 5) is 11.0. The van der Waals surface area contributed by atoms with Gasteiger partial charge in [0, 0.05) is 10.0 Å². The number of benzene rings is 1. The maximum Gasteiger partial charge on any atom is 0.337 e. The van der Waals surface area contributed by atoms with Gasteiger partial charge in [-0.05, 0) is 12.1 Å². The Morgan fingerprint density at radius 2 is 2.21 bits per heavy atom. The first-order valence-electron chi connectivity index (χ1n) is 3.79. The average molecular weight is 259 g/mol. The van der Waals surface area contributed by atoms with Crippen LogP contribution in [0.25, 0.3) is 5.57 Å². The number of carbonyl (C=O) groups is 1. The lowest BCUT2D eigenvalue weighted by Gasteiger charge is -2.04. The van der Waals surface area contributed by atoms with E-state index in [4.69, 9.17) is 0 Å². The summed E-state index contributed by atoms with van der Waals surface area (Å²) in [6, 6.07) is 4.37. The highest BCUT2D eigenvalue weighted by Crippen LogP contribution is 2.21. The molecule has 0 amide bonds. The summed E-state index contributed by atoms with van der Waals surface area (Å²) in [7, 11) is 1.23. The van der Waals surface area contributed by atoms with E-state index in [0.717, 1.165) is 0 Å². The number of methoxy groups -OCH3 is 1. The summed E-state index contributed by atoms with van der Waals surface area (Å²) in [5.74, 6) is -1.14. The van der Waals surface area contributed by atoms with E-state index in [9.17, 15) is 9.18 Å². The van der Waals surface area contributed by atoms with E-state index in [0.29, 0.717) is 4.47 Å². The molecule has 0 atom stereocenters. The SMILES string of the molecule is C=C(C(=O)OC)c1ccc(Br)cc1F. The molecule has 0 N–H and O–H groups in total. The van der Waals surface area contributed by atoms with Crippen LogP contribution >= 0.6 is 15.9 Å². The predicted molar refractivity (Wildman–Crippen MR) is 55.2 cm³/mol. The highest BCUT2D eigenvalue weighted by molar-refractivity contribution is 9.10. The maximum atomic E-state index is 13.3. The lowest BCUT2D eigenvalue weighted by Crippen LogP contribution is -2.04. The Morgan fingerprint density at radius 3 is 2.71 bits per heavy atom. The second-order valence-electron chi connectivity index (χ2n) is 2.59. The third-order valence-electron chi connectivity index (χ3n) is 1.69. The molecule has 0 aliphatic rings. The van der Waals surface area contributed by atoms with Crippen molar-refractivity contribution in [2.75, 3.05) is 7.11 Å². The van der Waals surface area contributed by atoms with Crippen LogP contribution in [-0.4, -0.2) is 13.1 Å². The van der Waals surface area contributed by atoms with E-state index in [1.54, 1.807) is 6.07 Å². The molecule has 1 rings (SSSR count). The molecular formula is C10H8BrFO2. The number of rotatable bonds is 2. The van der Waals surface area contributed by atoms with E-state index in [-0.39, 0.29) is 11.1 Å². The van der Waals surface area contributed by atoms with Crippen molar-refractivity contribution in [3.8, 4) is 0 Å². The molecule has 0 aromatic heterocycles. The normalized spacial score (nSPS) is 9.64. The number of carbonyl (C=O) groups excluding carboxylic acids is 1. The first kappa shape index (κ1) is 10.9. The summed E-state index contributed by atoms with van der Waals surface area (Å²) < 4.78 is 18.3. The highest BCUT2D eigenvalue weighted by atomic mass is 79.9. The largest absolute Gasteiger partial charge is 0.465 e. The van der Waals surface area contributed by atoms with Crippen LogP contribution < -0.4 is 0 Å². The van der Waals surface area contributed by atoms with Crippen molar-refractivity contribution < 1.29 is 13.9 Å². The van der Waals surface area contributed by atoms with Gasteiger partial charge in [0.05, 0.1) is 12.7 Å². The topological polar surface area (TPSA) is 26.3 Å². The van der Waals surface area contributed by atoms with Crippen molar-refractivity contribution >= 4 is 27.5 Å². The van der Waals surface area contributed by atoms with Crippen molar-refractivity contribution in [3.63, 3.8) is 0 Å². The monoisotopic (exact) mass is 258 g/mol. The molecule has 2 nitrogen and oxygen atoms in total. The van der Waals surface area contributed by atoms with Gasteiger partial charge in [-0.25, -0.2) is 9.18 Å². The fourth-order valence-electron chi connectivity index (χ4n) is 0.967. The minimum Gasteiger partial charge on any atom is -0.465 e. The van der Waals surface area contributed by atoms with Crippen LogP contribution in [0.5, 0.6) is 0 Å². The van der Waals surface area contributed by atoms with E-state index in [2.05, 4.69) is 27.2 Å². The number of hydrogen-bond acceptors (Lipinski definition) is 2. The quantitative estimate of drug-likeness (QED) is 0.603. The van der Waals surface area contributed by atoms with Gasteiger partial charge >= 0.3 is 5.97 Å². The molecule has 4 heteroatoms. The zero-order valence-corrected chi connectivity index (χ0v) is 9.10. The standard InChI is InChI=1S/C10H8BrFO2/c1-6(10(13)14-2)8-4-3-7(11)5-9(8)12/h3-5H,1H2,2H3. The second kappa shape index (κ2) is 4.37. The molecule has 0 aliphatic heterocycles. The Bertz CT molecular complexity index is 388. The lowest BCUT2D eigenvalue weighted by atomic mass is 10.1. The third-order valence-corrected chi connectivity index (χ3v) is 2.18. The van der Waals surface area contributed by atoms with E-state index in [1.807, 2.05) is 0 Å². The highest BCUT2D eigenvalue weighted by Gasteiger charge is 2.13. The first-order valence-corrected chi connectivity index (χ1v) is 4.58. The minimum atomic E-state index is -0.633. The fourth-order valence-corrected chi connectivity index (χ4v) is 1.30. The Morgan fingerprint density at radius 1 is 1.57 bits per heavy atom. The second-order valence-corrected chi connectivity index (χ2v) is 3.51. The summed E-state index contributed by atoms with van der Waals surface area (Å²) >= 11 is 3.11. The van der Waals surface area contributed by atoms with Crippen molar-refractivity contribution in [2.45, 2.75) is 0 Å². The van der Waals surface area contributed by atoms with Crippen molar-refractivity contribution in [3.05, 3.63) is 40.6 Å². The summed E-state index contributed by atoms with van der Waals surface area (Å²) in [5, 5.41) is 0. The molecule has 0 saturated carbocycles. The van der Waals surface area contributed by atoms with Gasteiger partial charge in [-0.2, -0.15) is 0 Å². The Balaban J connectivity index is 3.08. The van der Waals surface area contributed by atoms with Gasteiger partial charge < -0.3 is 4.74 Å². The first-order chi connectivity index (χ1) is 6.56. The zero-order chi connectivity index (χ0) is 10.7. The van der Waals surface area contributed by atoms with Crippen LogP contribution in [0, 0.1) is 5.82 Å². The number of esters is 1. The lowest BCUT2D eigenvalue weighted by molar-refractivity contribution is -0.133. The predicted octanol–water partition coefficient (Wildman–Crippen LogP) is 2.77. The van der Waals surface area contributed by atoms with Crippen LogP contribution in [0.1, 0.15) is 5.56 Å². The van der Waals surface area contributed by atoms with Gasteiger partial charge in [0.25, 0.3) is 0 Å². The summed E-state index contributed by atoms with van der Waals surface area (Å²) in [5.41, 5.74) is 0.164. The van der Waals surface area contributed by atoms with Gasteiger partial charge in [0.15, 0.2) is 0 Å². The maximum absolute atomic E-state index is 13.3. The van der Waals surface area contributed by atoms with Crippen molar-refractivity contribution in [1.29, 1.82) is 0 Å². The van der Waals surface area contributed by atoms with Crippen LogP contribution in [0.4, 0.5) is 4.39 Å². The summed E-state index contributed by atoms with van der Waals surface area (Å²) in [6.45, 7) is 3.46. The van der Waals surface area contributed by atoms with Gasteiger partial charge in [0.1, 0.15) is 5.82 Å². The zero-order valence-electron chi connectivity index (χ0n) is 7.51. The number of hydrogen-bond donors (Lipinski definition) is 0. The number of halogens is 2. The molecule has 0 spiro atoms. The van der Waals surface area contributed by atoms with Crippen LogP contribution in [-0.2, 0) is 9.53 Å². The molecule has 0 bridgehead atoms. The minimum absolute atomic E-state index is 0.0116. The molecule has 0 aliphatic carbocycles. The van der Waals surface area contributed by atoms with Crippen LogP contribution in [0.3, 0.4) is 0 Å². The molecular weight excluding hydrogens is 251 g/mol. The van der Waals surface area contributed by atoms with Gasteiger partial charge in [-0.3, -0.25) is 0 Å². The van der Waals surface area contributed by atoms with E-state index in [1.165, 1.54) is 19.2 Å². The molecule has 0 unspecified atom stereocenters. The van der Waals surface area contributed by atoms with Gasteiger partial charge in [0.2, 0.25) is 0 Å². The molecule has 74 valence electrons. The molecule has 0 radical (unpaired) electrons. The Kier molecular flexibility index (Phi) is 3.41.